The molecule has 59 heavy (non-hydrogen) atoms. The third-order valence-corrected chi connectivity index (χ3v) is 13.2. The van der Waals surface area contributed by atoms with Crippen LogP contribution in [-0.2, 0) is 4.79 Å². The summed E-state index contributed by atoms with van der Waals surface area (Å²) in [5, 5.41) is 8.79. The normalized spacial score (nSPS) is 12.0. The van der Waals surface area contributed by atoms with E-state index in [2.05, 4.69) is 32.7 Å². The largest absolute Gasteiger partial charge is 0.481 e. The fourth-order valence-electron chi connectivity index (χ4n) is 8.74. The first-order valence-corrected chi connectivity index (χ1v) is 27.9. The lowest BCUT2D eigenvalue weighted by molar-refractivity contribution is -0.141. The summed E-state index contributed by atoms with van der Waals surface area (Å²) in [6.07, 6.45) is 66.6. The van der Waals surface area contributed by atoms with Gasteiger partial charge in [-0.15, -0.1) is 0 Å². The van der Waals surface area contributed by atoms with E-state index in [0.29, 0.717) is 0 Å². The molecule has 0 spiro atoms. The third-order valence-electron chi connectivity index (χ3n) is 13.2. The van der Waals surface area contributed by atoms with Gasteiger partial charge >= 0.3 is 5.97 Å². The van der Waals surface area contributed by atoms with Crippen LogP contribution in [-0.4, -0.2) is 36.1 Å². The van der Waals surface area contributed by atoms with E-state index in [1.165, 1.54) is 302 Å². The molecule has 0 bridgehead atoms. The van der Waals surface area contributed by atoms with Gasteiger partial charge in [0.1, 0.15) is 0 Å². The first kappa shape index (κ1) is 60.5. The highest BCUT2D eigenvalue weighted by Crippen LogP contribution is 2.17. The van der Waals surface area contributed by atoms with Gasteiger partial charge in [0.25, 0.3) is 0 Å². The van der Waals surface area contributed by atoms with Crippen molar-refractivity contribution >= 4 is 5.97 Å². The standard InChI is InChI=1S/C37H77N.C19H38O2/c1-4-6-8-10-12-14-16-18-20-22-24-26-28-30-32-34-36-38(3)37-35-33-31-29-27-25-23-21-19-17-15-13-11-9-7-5-2;1-3-4-5-6-7-8-9-10-11-12-13-14-15-16-17-18(2)19(20)21/h4-37H2,1-3H3;18H,3-17H2,1-2H3,(H,20,21). The number of unbranched alkanes of at least 4 members (excludes halogenated alkanes) is 43. The number of carbonyl (C=O) groups is 1. The molecule has 0 saturated carbocycles. The zero-order valence-electron chi connectivity index (χ0n) is 42.0. The van der Waals surface area contributed by atoms with E-state index < -0.39 is 5.97 Å². The van der Waals surface area contributed by atoms with Gasteiger partial charge in [-0.1, -0.05) is 310 Å². The van der Waals surface area contributed by atoms with Gasteiger partial charge < -0.3 is 10.0 Å². The fourth-order valence-corrected chi connectivity index (χ4v) is 8.74. The van der Waals surface area contributed by atoms with Gasteiger partial charge in [0.05, 0.1) is 5.92 Å². The molecule has 1 atom stereocenters. The van der Waals surface area contributed by atoms with Crippen molar-refractivity contribution in [2.45, 2.75) is 329 Å². The maximum absolute atomic E-state index is 10.7. The van der Waals surface area contributed by atoms with Gasteiger partial charge in [0.2, 0.25) is 0 Å². The highest BCUT2D eigenvalue weighted by Gasteiger charge is 2.09. The lowest BCUT2D eigenvalue weighted by Crippen LogP contribution is -2.20. The van der Waals surface area contributed by atoms with Gasteiger partial charge in [-0.3, -0.25) is 4.79 Å². The minimum absolute atomic E-state index is 0.165. The zero-order chi connectivity index (χ0) is 43.4. The van der Waals surface area contributed by atoms with Crippen LogP contribution in [0.2, 0.25) is 0 Å². The van der Waals surface area contributed by atoms with Crippen LogP contribution in [0.4, 0.5) is 0 Å². The van der Waals surface area contributed by atoms with Crippen LogP contribution >= 0.6 is 0 Å². The van der Waals surface area contributed by atoms with Gasteiger partial charge in [0.15, 0.2) is 0 Å². The molecule has 0 aliphatic rings. The van der Waals surface area contributed by atoms with Crippen LogP contribution in [0.1, 0.15) is 329 Å². The zero-order valence-corrected chi connectivity index (χ0v) is 42.0. The van der Waals surface area contributed by atoms with Crippen molar-refractivity contribution in [3.8, 4) is 0 Å². The Bertz CT molecular complexity index is 703. The molecule has 0 aliphatic heterocycles. The molecule has 0 fully saturated rings. The van der Waals surface area contributed by atoms with Crippen molar-refractivity contribution in [2.75, 3.05) is 20.1 Å². The Morgan fingerprint density at radius 3 is 0.678 bits per heavy atom. The van der Waals surface area contributed by atoms with Crippen LogP contribution in [0.5, 0.6) is 0 Å². The fraction of sp³-hybridized carbons (Fsp3) is 0.982. The van der Waals surface area contributed by atoms with Crippen molar-refractivity contribution < 1.29 is 9.90 Å². The van der Waals surface area contributed by atoms with Crippen LogP contribution in [0.25, 0.3) is 0 Å². The van der Waals surface area contributed by atoms with E-state index in [0.717, 1.165) is 12.8 Å². The average Bonchev–Trinajstić information content (AvgIpc) is 3.23. The lowest BCUT2D eigenvalue weighted by Gasteiger charge is -2.16. The molecule has 1 unspecified atom stereocenters. The molecule has 0 rings (SSSR count). The highest BCUT2D eigenvalue weighted by molar-refractivity contribution is 5.69. The Kier molecular flexibility index (Phi) is 56.9. The Balaban J connectivity index is 0. The predicted molar refractivity (Wildman–Crippen MR) is 268 cm³/mol. The molecule has 0 heterocycles. The Labute approximate surface area is 375 Å². The van der Waals surface area contributed by atoms with Crippen LogP contribution in [0.15, 0.2) is 0 Å². The number of hydrogen-bond acceptors (Lipinski definition) is 2. The number of rotatable bonds is 50. The van der Waals surface area contributed by atoms with Crippen LogP contribution in [0.3, 0.4) is 0 Å². The summed E-state index contributed by atoms with van der Waals surface area (Å²) in [5.74, 6) is -0.813. The Hall–Kier alpha value is -0.570. The first-order chi connectivity index (χ1) is 29.0. The molecule has 1 N–H and O–H groups in total. The maximum Gasteiger partial charge on any atom is 0.306 e. The molecule has 356 valence electrons. The van der Waals surface area contributed by atoms with Crippen molar-refractivity contribution in [1.29, 1.82) is 0 Å². The maximum atomic E-state index is 10.7. The van der Waals surface area contributed by atoms with E-state index in [1.807, 2.05) is 6.92 Å². The second-order valence-electron chi connectivity index (χ2n) is 19.5. The number of carboxylic acids is 1. The van der Waals surface area contributed by atoms with Gasteiger partial charge in [-0.05, 0) is 39.4 Å². The number of carboxylic acid groups (broad SMARTS) is 1. The SMILES string of the molecule is CCCCCCCCCCCCCCCCC(C)C(=O)O.CCCCCCCCCCCCCCCCCCN(C)CCCCCCCCCCCCCCCCCC. The molecule has 3 heteroatoms. The Morgan fingerprint density at radius 1 is 0.322 bits per heavy atom. The number of hydrogen-bond donors (Lipinski definition) is 1. The van der Waals surface area contributed by atoms with Gasteiger partial charge in [-0.2, -0.15) is 0 Å². The molecule has 0 aromatic carbocycles. The third kappa shape index (κ3) is 57.4. The summed E-state index contributed by atoms with van der Waals surface area (Å²) in [6.45, 7) is 11.3. The summed E-state index contributed by atoms with van der Waals surface area (Å²) in [4.78, 5) is 13.3. The van der Waals surface area contributed by atoms with Crippen LogP contribution < -0.4 is 0 Å². The highest BCUT2D eigenvalue weighted by atomic mass is 16.4. The molecular formula is C56H115NO2. The summed E-state index contributed by atoms with van der Waals surface area (Å²) in [5.41, 5.74) is 0. The lowest BCUT2D eigenvalue weighted by atomic mass is 10.0. The van der Waals surface area contributed by atoms with E-state index in [1.54, 1.807) is 0 Å². The molecule has 3 nitrogen and oxygen atoms in total. The summed E-state index contributed by atoms with van der Waals surface area (Å²) in [7, 11) is 2.34. The minimum atomic E-state index is -0.648. The molecule has 0 radical (unpaired) electrons. The summed E-state index contributed by atoms with van der Waals surface area (Å²) in [6, 6.07) is 0. The second kappa shape index (κ2) is 55.4. The van der Waals surface area contributed by atoms with Crippen molar-refractivity contribution in [2.24, 2.45) is 5.92 Å². The number of aliphatic carboxylic acids is 1. The molecular weight excluding hydrogens is 719 g/mol. The van der Waals surface area contributed by atoms with Crippen molar-refractivity contribution in [1.82, 2.24) is 4.90 Å². The summed E-state index contributed by atoms with van der Waals surface area (Å²) < 4.78 is 0. The second-order valence-corrected chi connectivity index (χ2v) is 19.5. The monoisotopic (exact) mass is 834 g/mol. The summed E-state index contributed by atoms with van der Waals surface area (Å²) >= 11 is 0. The van der Waals surface area contributed by atoms with Crippen LogP contribution in [0, 0.1) is 5.92 Å². The number of nitrogens with zero attached hydrogens (tertiary/aromatic N) is 1. The quantitative estimate of drug-likeness (QED) is 0.0621. The van der Waals surface area contributed by atoms with E-state index in [9.17, 15) is 4.79 Å². The van der Waals surface area contributed by atoms with Gasteiger partial charge in [0, 0.05) is 0 Å². The van der Waals surface area contributed by atoms with Gasteiger partial charge in [-0.25, -0.2) is 0 Å². The van der Waals surface area contributed by atoms with Crippen molar-refractivity contribution in [3.05, 3.63) is 0 Å². The average molecular weight is 835 g/mol. The smallest absolute Gasteiger partial charge is 0.306 e. The molecule has 0 amide bonds. The molecule has 0 aliphatic carbocycles. The van der Waals surface area contributed by atoms with E-state index in [4.69, 9.17) is 5.11 Å². The minimum Gasteiger partial charge on any atom is -0.481 e. The van der Waals surface area contributed by atoms with E-state index in [-0.39, 0.29) is 5.92 Å². The Morgan fingerprint density at radius 2 is 0.492 bits per heavy atom. The van der Waals surface area contributed by atoms with E-state index >= 15 is 0 Å². The molecule has 0 aromatic heterocycles. The molecule has 0 aromatic rings. The molecule has 0 saturated heterocycles. The predicted octanol–water partition coefficient (Wildman–Crippen LogP) is 20.0. The first-order valence-electron chi connectivity index (χ1n) is 27.9. The van der Waals surface area contributed by atoms with Crippen molar-refractivity contribution in [3.63, 3.8) is 0 Å². The topological polar surface area (TPSA) is 40.5 Å².